The molecule has 0 amide bonds. The fourth-order valence-corrected chi connectivity index (χ4v) is 2.77. The maximum Gasteiger partial charge on any atom is 0.337 e. The third-order valence-electron chi connectivity index (χ3n) is 2.75. The number of hydrogen-bond donors (Lipinski definition) is 2. The molecule has 0 fully saturated rings. The normalized spacial score (nSPS) is 10.7. The number of carboxylic acid groups (broad SMARTS) is 1. The summed E-state index contributed by atoms with van der Waals surface area (Å²) in [5.74, 6) is -2.25. The number of carbonyl (C=O) groups is 1. The molecule has 0 spiro atoms. The third-order valence-corrected chi connectivity index (χ3v) is 4.13. The molecule has 2 aromatic rings. The Bertz CT molecular complexity index is 871. The van der Waals surface area contributed by atoms with Crippen molar-refractivity contribution >= 4 is 21.7 Å². The Labute approximate surface area is 125 Å². The minimum Gasteiger partial charge on any atom is -0.478 e. The van der Waals surface area contributed by atoms with Gasteiger partial charge in [-0.05, 0) is 42.5 Å². The van der Waals surface area contributed by atoms with Gasteiger partial charge in [-0.3, -0.25) is 4.72 Å². The van der Waals surface area contributed by atoms with Gasteiger partial charge in [-0.1, -0.05) is 0 Å². The Morgan fingerprint density at radius 3 is 2.36 bits per heavy atom. The molecule has 22 heavy (non-hydrogen) atoms. The lowest BCUT2D eigenvalue weighted by molar-refractivity contribution is 0.0697. The molecule has 0 heterocycles. The zero-order chi connectivity index (χ0) is 16.3. The summed E-state index contributed by atoms with van der Waals surface area (Å²) in [7, 11) is -4.05. The summed E-state index contributed by atoms with van der Waals surface area (Å²) in [6.07, 6.45) is 0. The van der Waals surface area contributed by atoms with Crippen molar-refractivity contribution in [2.75, 3.05) is 4.72 Å². The molecule has 0 aliphatic carbocycles. The van der Waals surface area contributed by atoms with E-state index in [1.807, 2.05) is 6.07 Å². The van der Waals surface area contributed by atoms with E-state index in [2.05, 4.69) is 4.72 Å². The van der Waals surface area contributed by atoms with Crippen LogP contribution in [-0.2, 0) is 10.0 Å². The van der Waals surface area contributed by atoms with Crippen molar-refractivity contribution in [3.63, 3.8) is 0 Å². The van der Waals surface area contributed by atoms with Crippen molar-refractivity contribution in [2.24, 2.45) is 0 Å². The van der Waals surface area contributed by atoms with Gasteiger partial charge in [-0.2, -0.15) is 5.26 Å². The summed E-state index contributed by atoms with van der Waals surface area (Å²) in [6, 6.07) is 9.61. The minimum absolute atomic E-state index is 0.146. The van der Waals surface area contributed by atoms with E-state index in [-0.39, 0.29) is 16.1 Å². The largest absolute Gasteiger partial charge is 0.478 e. The summed E-state index contributed by atoms with van der Waals surface area (Å²) >= 11 is 0. The van der Waals surface area contributed by atoms with Crippen LogP contribution in [0.15, 0.2) is 47.4 Å². The molecule has 0 radical (unpaired) electrons. The number of benzene rings is 2. The van der Waals surface area contributed by atoms with Crippen LogP contribution in [-0.4, -0.2) is 19.5 Å². The molecular weight excluding hydrogens is 311 g/mol. The quantitative estimate of drug-likeness (QED) is 0.898. The first-order chi connectivity index (χ1) is 10.3. The minimum atomic E-state index is -4.05. The van der Waals surface area contributed by atoms with Gasteiger partial charge in [0.05, 0.1) is 27.8 Å². The van der Waals surface area contributed by atoms with Gasteiger partial charge in [0, 0.05) is 0 Å². The smallest absolute Gasteiger partial charge is 0.337 e. The highest BCUT2D eigenvalue weighted by atomic mass is 32.2. The molecule has 6 nitrogen and oxygen atoms in total. The molecule has 0 bridgehead atoms. The Hall–Kier alpha value is -2.92. The van der Waals surface area contributed by atoms with E-state index in [4.69, 9.17) is 10.4 Å². The zero-order valence-corrected chi connectivity index (χ0v) is 11.8. The number of nitriles is 1. The Morgan fingerprint density at radius 2 is 1.82 bits per heavy atom. The lowest BCUT2D eigenvalue weighted by atomic mass is 10.2. The Morgan fingerprint density at radius 1 is 1.18 bits per heavy atom. The van der Waals surface area contributed by atoms with Crippen LogP contribution in [0.25, 0.3) is 0 Å². The number of rotatable bonds is 4. The predicted molar refractivity (Wildman–Crippen MR) is 75.3 cm³/mol. The van der Waals surface area contributed by atoms with Crippen LogP contribution in [0.2, 0.25) is 0 Å². The Balaban J connectivity index is 2.40. The molecule has 112 valence electrons. The van der Waals surface area contributed by atoms with Crippen LogP contribution in [0.4, 0.5) is 10.1 Å². The number of hydrogen-bond acceptors (Lipinski definition) is 4. The number of carboxylic acids is 1. The van der Waals surface area contributed by atoms with Crippen molar-refractivity contribution in [1.29, 1.82) is 5.26 Å². The molecule has 0 saturated carbocycles. The van der Waals surface area contributed by atoms with Crippen molar-refractivity contribution in [3.8, 4) is 6.07 Å². The predicted octanol–water partition coefficient (Wildman–Crippen LogP) is 2.20. The van der Waals surface area contributed by atoms with Crippen LogP contribution in [0.5, 0.6) is 0 Å². The number of sulfonamides is 1. The summed E-state index contributed by atoms with van der Waals surface area (Å²) in [5.41, 5.74) is -0.470. The first kappa shape index (κ1) is 15.5. The van der Waals surface area contributed by atoms with Crippen LogP contribution >= 0.6 is 0 Å². The molecular formula is C14H9FN2O4S. The Kier molecular flexibility index (Phi) is 4.10. The molecule has 0 saturated heterocycles. The van der Waals surface area contributed by atoms with Crippen LogP contribution in [0, 0.1) is 17.1 Å². The fraction of sp³-hybridized carbons (Fsp3) is 0. The molecule has 2 aromatic carbocycles. The van der Waals surface area contributed by atoms with Gasteiger partial charge >= 0.3 is 5.97 Å². The van der Waals surface area contributed by atoms with Crippen molar-refractivity contribution in [3.05, 3.63) is 59.4 Å². The standard InChI is InChI=1S/C14H9FN2O4S/c15-10-3-6-13(12(7-10)14(18)19)17-22(20,21)11-4-1-9(8-16)2-5-11/h1-7,17H,(H,18,19). The van der Waals surface area contributed by atoms with Gasteiger partial charge in [0.1, 0.15) is 5.82 Å². The summed E-state index contributed by atoms with van der Waals surface area (Å²) < 4.78 is 39.5. The van der Waals surface area contributed by atoms with Crippen LogP contribution in [0.3, 0.4) is 0 Å². The molecule has 0 aliphatic heterocycles. The van der Waals surface area contributed by atoms with E-state index in [0.717, 1.165) is 18.2 Å². The van der Waals surface area contributed by atoms with Crippen LogP contribution in [0.1, 0.15) is 15.9 Å². The van der Waals surface area contributed by atoms with Gasteiger partial charge in [0.15, 0.2) is 0 Å². The summed E-state index contributed by atoms with van der Waals surface area (Å²) in [4.78, 5) is 10.9. The number of anilines is 1. The first-order valence-electron chi connectivity index (χ1n) is 5.89. The number of aromatic carboxylic acids is 1. The molecule has 2 N–H and O–H groups in total. The average Bonchev–Trinajstić information content (AvgIpc) is 2.48. The highest BCUT2D eigenvalue weighted by molar-refractivity contribution is 7.92. The maximum atomic E-state index is 13.1. The number of nitrogens with zero attached hydrogens (tertiary/aromatic N) is 1. The SMILES string of the molecule is N#Cc1ccc(S(=O)(=O)Nc2ccc(F)cc2C(=O)O)cc1. The zero-order valence-electron chi connectivity index (χ0n) is 10.9. The highest BCUT2D eigenvalue weighted by Crippen LogP contribution is 2.21. The lowest BCUT2D eigenvalue weighted by Gasteiger charge is -2.10. The van der Waals surface area contributed by atoms with Gasteiger partial charge in [-0.25, -0.2) is 17.6 Å². The highest BCUT2D eigenvalue weighted by Gasteiger charge is 2.19. The van der Waals surface area contributed by atoms with E-state index in [0.29, 0.717) is 0 Å². The fourth-order valence-electron chi connectivity index (χ4n) is 1.69. The van der Waals surface area contributed by atoms with Crippen molar-refractivity contribution in [2.45, 2.75) is 4.90 Å². The van der Waals surface area contributed by atoms with Gasteiger partial charge in [-0.15, -0.1) is 0 Å². The topological polar surface area (TPSA) is 107 Å². The van der Waals surface area contributed by atoms with E-state index in [1.165, 1.54) is 24.3 Å². The second-order valence-corrected chi connectivity index (χ2v) is 5.92. The molecule has 0 aliphatic rings. The summed E-state index contributed by atoms with van der Waals surface area (Å²) in [6.45, 7) is 0. The van der Waals surface area contributed by atoms with E-state index in [9.17, 15) is 17.6 Å². The number of nitrogens with one attached hydrogen (secondary N) is 1. The van der Waals surface area contributed by atoms with E-state index < -0.39 is 27.4 Å². The summed E-state index contributed by atoms with van der Waals surface area (Å²) in [5, 5.41) is 17.7. The monoisotopic (exact) mass is 320 g/mol. The van der Waals surface area contributed by atoms with E-state index in [1.54, 1.807) is 0 Å². The second-order valence-electron chi connectivity index (χ2n) is 4.24. The molecule has 8 heteroatoms. The number of halogens is 1. The third kappa shape index (κ3) is 3.21. The first-order valence-corrected chi connectivity index (χ1v) is 7.37. The van der Waals surface area contributed by atoms with Crippen molar-refractivity contribution in [1.82, 2.24) is 0 Å². The molecule has 0 atom stereocenters. The van der Waals surface area contributed by atoms with Crippen molar-refractivity contribution < 1.29 is 22.7 Å². The maximum absolute atomic E-state index is 13.1. The van der Waals surface area contributed by atoms with Crippen LogP contribution < -0.4 is 4.72 Å². The average molecular weight is 320 g/mol. The van der Waals surface area contributed by atoms with Gasteiger partial charge < -0.3 is 5.11 Å². The van der Waals surface area contributed by atoms with Gasteiger partial charge in [0.25, 0.3) is 10.0 Å². The molecule has 2 rings (SSSR count). The lowest BCUT2D eigenvalue weighted by Crippen LogP contribution is -2.15. The second kappa shape index (κ2) is 5.83. The van der Waals surface area contributed by atoms with Gasteiger partial charge in [0.2, 0.25) is 0 Å². The molecule has 0 aromatic heterocycles. The van der Waals surface area contributed by atoms with E-state index >= 15 is 0 Å². The molecule has 0 unspecified atom stereocenters.